The zero-order chi connectivity index (χ0) is 14.6. The van der Waals surface area contributed by atoms with Crippen molar-refractivity contribution in [2.45, 2.75) is 50.3 Å². The minimum atomic E-state index is -1.43. The standard InChI is InChI=1S/C14H22N2O2S/c1-5-10(3)16-14(17)11(4)19(18)13-7-6-9(2)8-12(13)15/h6-8,10-11H,5,15H2,1-4H3,(H,16,17). The van der Waals surface area contributed by atoms with Crippen molar-refractivity contribution in [3.05, 3.63) is 23.8 Å². The van der Waals surface area contributed by atoms with E-state index in [1.807, 2.05) is 26.8 Å². The molecule has 1 amide bonds. The molecule has 0 fully saturated rings. The van der Waals surface area contributed by atoms with Gasteiger partial charge in [-0.1, -0.05) is 13.0 Å². The van der Waals surface area contributed by atoms with Gasteiger partial charge in [0, 0.05) is 11.7 Å². The Morgan fingerprint density at radius 2 is 2.05 bits per heavy atom. The van der Waals surface area contributed by atoms with Crippen molar-refractivity contribution in [1.29, 1.82) is 0 Å². The summed E-state index contributed by atoms with van der Waals surface area (Å²) in [6.45, 7) is 7.49. The van der Waals surface area contributed by atoms with Crippen molar-refractivity contribution in [2.75, 3.05) is 5.73 Å². The third-order valence-electron chi connectivity index (χ3n) is 3.07. The van der Waals surface area contributed by atoms with Gasteiger partial charge in [-0.2, -0.15) is 0 Å². The average molecular weight is 282 g/mol. The van der Waals surface area contributed by atoms with Crippen molar-refractivity contribution < 1.29 is 9.00 Å². The summed E-state index contributed by atoms with van der Waals surface area (Å²) in [7, 11) is -1.43. The van der Waals surface area contributed by atoms with E-state index in [-0.39, 0.29) is 11.9 Å². The first-order valence-electron chi connectivity index (χ1n) is 6.43. The minimum Gasteiger partial charge on any atom is -0.398 e. The Hall–Kier alpha value is -1.36. The van der Waals surface area contributed by atoms with Gasteiger partial charge in [0.15, 0.2) is 0 Å². The van der Waals surface area contributed by atoms with Gasteiger partial charge in [0.2, 0.25) is 5.91 Å². The number of nitrogen functional groups attached to an aromatic ring is 1. The Labute approximate surface area is 117 Å². The van der Waals surface area contributed by atoms with Gasteiger partial charge in [-0.05, 0) is 44.9 Å². The fraction of sp³-hybridized carbons (Fsp3) is 0.500. The summed E-state index contributed by atoms with van der Waals surface area (Å²) >= 11 is 0. The minimum absolute atomic E-state index is 0.0855. The van der Waals surface area contributed by atoms with E-state index >= 15 is 0 Å². The van der Waals surface area contributed by atoms with Gasteiger partial charge in [0.05, 0.1) is 15.7 Å². The van der Waals surface area contributed by atoms with Crippen LogP contribution in [0.15, 0.2) is 23.1 Å². The summed E-state index contributed by atoms with van der Waals surface area (Å²) in [6, 6.07) is 5.44. The molecule has 0 bridgehead atoms. The van der Waals surface area contributed by atoms with Gasteiger partial charge in [-0.25, -0.2) is 0 Å². The van der Waals surface area contributed by atoms with Crippen LogP contribution in [0.5, 0.6) is 0 Å². The molecule has 1 rings (SSSR count). The lowest BCUT2D eigenvalue weighted by atomic mass is 10.2. The highest BCUT2D eigenvalue weighted by Gasteiger charge is 2.23. The van der Waals surface area contributed by atoms with E-state index in [0.29, 0.717) is 10.6 Å². The molecule has 0 saturated carbocycles. The number of hydrogen-bond donors (Lipinski definition) is 2. The third kappa shape index (κ3) is 4.06. The Morgan fingerprint density at radius 1 is 1.42 bits per heavy atom. The van der Waals surface area contributed by atoms with E-state index in [1.165, 1.54) is 0 Å². The summed E-state index contributed by atoms with van der Waals surface area (Å²) in [4.78, 5) is 12.5. The molecule has 0 aliphatic heterocycles. The van der Waals surface area contributed by atoms with E-state index in [4.69, 9.17) is 5.73 Å². The summed E-state index contributed by atoms with van der Waals surface area (Å²) in [5.41, 5.74) is 7.35. The molecule has 0 saturated heterocycles. The molecule has 1 aromatic rings. The third-order valence-corrected chi connectivity index (χ3v) is 4.73. The molecule has 1 aromatic carbocycles. The average Bonchev–Trinajstić information content (AvgIpc) is 2.36. The summed E-state index contributed by atoms with van der Waals surface area (Å²) in [6.07, 6.45) is 0.845. The normalized spacial score (nSPS) is 15.6. The van der Waals surface area contributed by atoms with Gasteiger partial charge < -0.3 is 11.1 Å². The van der Waals surface area contributed by atoms with Crippen molar-refractivity contribution in [3.8, 4) is 0 Å². The lowest BCUT2D eigenvalue weighted by Crippen LogP contribution is -2.40. The van der Waals surface area contributed by atoms with Crippen LogP contribution in [-0.2, 0) is 15.6 Å². The van der Waals surface area contributed by atoms with Gasteiger partial charge >= 0.3 is 0 Å². The molecule has 0 aromatic heterocycles. The molecule has 0 radical (unpaired) electrons. The Morgan fingerprint density at radius 3 is 2.58 bits per heavy atom. The Balaban J connectivity index is 2.84. The smallest absolute Gasteiger partial charge is 0.236 e. The molecule has 3 unspecified atom stereocenters. The summed E-state index contributed by atoms with van der Waals surface area (Å²) < 4.78 is 12.4. The molecule has 4 nitrogen and oxygen atoms in total. The molecule has 5 heteroatoms. The molecule has 0 aliphatic carbocycles. The molecule has 106 valence electrons. The molecule has 0 aliphatic rings. The van der Waals surface area contributed by atoms with Crippen LogP contribution >= 0.6 is 0 Å². The van der Waals surface area contributed by atoms with E-state index in [9.17, 15) is 9.00 Å². The van der Waals surface area contributed by atoms with Gasteiger partial charge in [0.1, 0.15) is 5.25 Å². The van der Waals surface area contributed by atoms with Crippen LogP contribution in [0.3, 0.4) is 0 Å². The lowest BCUT2D eigenvalue weighted by Gasteiger charge is -2.17. The number of benzene rings is 1. The van der Waals surface area contributed by atoms with E-state index in [0.717, 1.165) is 12.0 Å². The molecular weight excluding hydrogens is 260 g/mol. The molecule has 3 N–H and O–H groups in total. The summed E-state index contributed by atoms with van der Waals surface area (Å²) in [5, 5.41) is 2.23. The number of carbonyl (C=O) groups excluding carboxylic acids is 1. The highest BCUT2D eigenvalue weighted by atomic mass is 32.2. The van der Waals surface area contributed by atoms with Crippen LogP contribution in [0.2, 0.25) is 0 Å². The Kier molecular flexibility index (Phi) is 5.54. The number of aryl methyl sites for hydroxylation is 1. The number of nitrogens with one attached hydrogen (secondary N) is 1. The molecule has 19 heavy (non-hydrogen) atoms. The van der Waals surface area contributed by atoms with Crippen molar-refractivity contribution >= 4 is 22.4 Å². The number of hydrogen-bond acceptors (Lipinski definition) is 3. The lowest BCUT2D eigenvalue weighted by molar-refractivity contribution is -0.120. The zero-order valence-electron chi connectivity index (χ0n) is 11.9. The van der Waals surface area contributed by atoms with Crippen LogP contribution in [0.1, 0.15) is 32.8 Å². The first-order chi connectivity index (χ1) is 8.86. The predicted molar refractivity (Wildman–Crippen MR) is 79.4 cm³/mol. The topological polar surface area (TPSA) is 72.2 Å². The van der Waals surface area contributed by atoms with Crippen molar-refractivity contribution in [3.63, 3.8) is 0 Å². The first-order valence-corrected chi connectivity index (χ1v) is 7.65. The van der Waals surface area contributed by atoms with E-state index < -0.39 is 16.0 Å². The van der Waals surface area contributed by atoms with Crippen LogP contribution in [0.25, 0.3) is 0 Å². The van der Waals surface area contributed by atoms with Crippen LogP contribution in [0.4, 0.5) is 5.69 Å². The largest absolute Gasteiger partial charge is 0.398 e. The monoisotopic (exact) mass is 282 g/mol. The van der Waals surface area contributed by atoms with Crippen molar-refractivity contribution in [2.24, 2.45) is 0 Å². The maximum Gasteiger partial charge on any atom is 0.236 e. The SMILES string of the molecule is CCC(C)NC(=O)C(C)S(=O)c1ccc(C)cc1N. The van der Waals surface area contributed by atoms with Crippen LogP contribution in [0, 0.1) is 6.92 Å². The molecule has 3 atom stereocenters. The summed E-state index contributed by atoms with van der Waals surface area (Å²) in [5.74, 6) is -0.201. The molecule has 0 spiro atoms. The fourth-order valence-electron chi connectivity index (χ4n) is 1.60. The maximum absolute atomic E-state index is 12.4. The first kappa shape index (κ1) is 15.7. The van der Waals surface area contributed by atoms with Crippen LogP contribution in [-0.4, -0.2) is 21.4 Å². The van der Waals surface area contributed by atoms with Crippen molar-refractivity contribution in [1.82, 2.24) is 5.32 Å². The molecular formula is C14H22N2O2S. The predicted octanol–water partition coefficient (Wildman–Crippen LogP) is 1.99. The number of anilines is 1. The van der Waals surface area contributed by atoms with E-state index in [2.05, 4.69) is 5.32 Å². The Bertz CT molecular complexity index is 488. The number of amides is 1. The second-order valence-electron chi connectivity index (χ2n) is 4.80. The van der Waals surface area contributed by atoms with Gasteiger partial charge in [-0.15, -0.1) is 0 Å². The number of carbonyl (C=O) groups is 1. The maximum atomic E-state index is 12.4. The highest BCUT2D eigenvalue weighted by molar-refractivity contribution is 7.86. The van der Waals surface area contributed by atoms with Gasteiger partial charge in [0.25, 0.3) is 0 Å². The highest BCUT2D eigenvalue weighted by Crippen LogP contribution is 2.20. The quantitative estimate of drug-likeness (QED) is 0.811. The van der Waals surface area contributed by atoms with Gasteiger partial charge in [-0.3, -0.25) is 9.00 Å². The molecule has 0 heterocycles. The zero-order valence-corrected chi connectivity index (χ0v) is 12.7. The second kappa shape index (κ2) is 6.70. The second-order valence-corrected chi connectivity index (χ2v) is 6.54. The van der Waals surface area contributed by atoms with E-state index in [1.54, 1.807) is 19.1 Å². The van der Waals surface area contributed by atoms with Crippen LogP contribution < -0.4 is 11.1 Å². The fourth-order valence-corrected chi connectivity index (χ4v) is 2.74. The number of rotatable bonds is 5. The number of nitrogens with two attached hydrogens (primary N) is 1.